The molecule has 0 atom stereocenters. The van der Waals surface area contributed by atoms with Crippen LogP contribution in [0, 0.1) is 0 Å². The van der Waals surface area contributed by atoms with Gasteiger partial charge in [0.15, 0.2) is 0 Å². The van der Waals surface area contributed by atoms with Crippen molar-refractivity contribution in [2.45, 2.75) is 25.3 Å². The number of piperidine rings is 1. The number of nitrogens with zero attached hydrogens (tertiary/aromatic N) is 4. The van der Waals surface area contributed by atoms with Gasteiger partial charge in [0.1, 0.15) is 5.82 Å². The molecule has 1 fully saturated rings. The Balaban J connectivity index is 1.25. The zero-order valence-corrected chi connectivity index (χ0v) is 18.6. The van der Waals surface area contributed by atoms with E-state index < -0.39 is 0 Å². The lowest BCUT2D eigenvalue weighted by molar-refractivity contribution is 0.179. The molecule has 1 saturated heterocycles. The van der Waals surface area contributed by atoms with Gasteiger partial charge in [0.2, 0.25) is 0 Å². The van der Waals surface area contributed by atoms with E-state index in [4.69, 9.17) is 0 Å². The average molecular weight is 442 g/mol. The predicted octanol–water partition coefficient (Wildman–Crippen LogP) is 3.81. The molecule has 7 heteroatoms. The monoisotopic (exact) mass is 441 g/mol. The molecule has 2 heterocycles. The Morgan fingerprint density at radius 3 is 2.45 bits per heavy atom. The van der Waals surface area contributed by atoms with Crippen molar-refractivity contribution in [2.24, 2.45) is 7.05 Å². The lowest BCUT2D eigenvalue weighted by atomic mass is 9.96. The number of nitrogens with one attached hydrogen (secondary N) is 1. The number of para-hydroxylation sites is 1. The number of benzene rings is 3. The number of rotatable bonds is 4. The van der Waals surface area contributed by atoms with Gasteiger partial charge in [-0.2, -0.15) is 5.10 Å². The van der Waals surface area contributed by atoms with Crippen LogP contribution < -0.4 is 11.0 Å². The molecule has 0 spiro atoms. The second-order valence-electron chi connectivity index (χ2n) is 8.49. The zero-order chi connectivity index (χ0) is 22.8. The Labute approximate surface area is 192 Å². The van der Waals surface area contributed by atoms with Crippen LogP contribution in [-0.2, 0) is 13.6 Å². The first-order valence-electron chi connectivity index (χ1n) is 11.3. The number of hydrogen-bond donors (Lipinski definition) is 1. The number of aryl methyl sites for hydroxylation is 1. The van der Waals surface area contributed by atoms with E-state index in [9.17, 15) is 9.59 Å². The van der Waals surface area contributed by atoms with E-state index in [0.29, 0.717) is 19.6 Å². The van der Waals surface area contributed by atoms with Gasteiger partial charge in [-0.15, -0.1) is 0 Å². The van der Waals surface area contributed by atoms with E-state index in [0.717, 1.165) is 35.3 Å². The van der Waals surface area contributed by atoms with Crippen LogP contribution in [0.15, 0.2) is 77.6 Å². The molecule has 0 radical (unpaired) electrons. The highest BCUT2D eigenvalue weighted by Gasteiger charge is 2.28. The predicted molar refractivity (Wildman–Crippen MR) is 129 cm³/mol. The van der Waals surface area contributed by atoms with Crippen LogP contribution in [0.4, 0.5) is 4.79 Å². The summed E-state index contributed by atoms with van der Waals surface area (Å²) in [5.74, 6) is 0.894. The molecule has 1 aliphatic rings. The summed E-state index contributed by atoms with van der Waals surface area (Å²) in [4.78, 5) is 27.4. The van der Waals surface area contributed by atoms with Gasteiger partial charge in [-0.3, -0.25) is 0 Å². The number of carbonyl (C=O) groups excluding carboxylic acids is 1. The Bertz CT molecular complexity index is 1330. The van der Waals surface area contributed by atoms with Crippen molar-refractivity contribution in [3.05, 3.63) is 94.7 Å². The molecule has 4 aromatic rings. The van der Waals surface area contributed by atoms with Crippen LogP contribution in [-0.4, -0.2) is 38.4 Å². The highest BCUT2D eigenvalue weighted by Crippen LogP contribution is 2.27. The molecule has 2 amide bonds. The molecule has 0 bridgehead atoms. The molecule has 0 unspecified atom stereocenters. The third-order valence-electron chi connectivity index (χ3n) is 6.42. The average Bonchev–Trinajstić information content (AvgIpc) is 3.17. The van der Waals surface area contributed by atoms with E-state index in [1.165, 1.54) is 10.1 Å². The van der Waals surface area contributed by atoms with Gasteiger partial charge in [-0.1, -0.05) is 60.7 Å². The van der Waals surface area contributed by atoms with Gasteiger partial charge in [0, 0.05) is 32.6 Å². The van der Waals surface area contributed by atoms with Crippen LogP contribution >= 0.6 is 0 Å². The summed E-state index contributed by atoms with van der Waals surface area (Å²) in [5.41, 5.74) is 1.78. The van der Waals surface area contributed by atoms with Crippen molar-refractivity contribution in [1.29, 1.82) is 0 Å². The van der Waals surface area contributed by atoms with Crippen molar-refractivity contribution in [3.63, 3.8) is 0 Å². The van der Waals surface area contributed by atoms with Gasteiger partial charge in [0.25, 0.3) is 0 Å². The lowest BCUT2D eigenvalue weighted by Crippen LogP contribution is -2.44. The molecule has 3 aromatic carbocycles. The zero-order valence-electron chi connectivity index (χ0n) is 18.6. The third kappa shape index (κ3) is 4.14. The fourth-order valence-electron chi connectivity index (χ4n) is 4.64. The molecular formula is C26H27N5O2. The summed E-state index contributed by atoms with van der Waals surface area (Å²) in [6.07, 6.45) is 1.54. The van der Waals surface area contributed by atoms with E-state index in [1.54, 1.807) is 11.6 Å². The number of carbonyl (C=O) groups is 1. The smallest absolute Gasteiger partial charge is 0.334 e. The molecular weight excluding hydrogens is 414 g/mol. The number of likely N-dealkylation sites (tertiary alicyclic amines) is 1. The maximum absolute atomic E-state index is 12.8. The first-order valence-corrected chi connectivity index (χ1v) is 11.3. The van der Waals surface area contributed by atoms with Gasteiger partial charge in [-0.05, 0) is 41.3 Å². The number of hydrogen-bond acceptors (Lipinski definition) is 3. The minimum atomic E-state index is -0.147. The summed E-state index contributed by atoms with van der Waals surface area (Å²) in [5, 5.41) is 9.94. The molecule has 0 saturated carbocycles. The third-order valence-corrected chi connectivity index (χ3v) is 6.42. The first kappa shape index (κ1) is 21.0. The van der Waals surface area contributed by atoms with Gasteiger partial charge in [0.05, 0.1) is 5.69 Å². The summed E-state index contributed by atoms with van der Waals surface area (Å²) in [7, 11) is 1.68. The standard InChI is InChI=1S/C26H27N5O2/c1-29-26(33)31(22-11-3-2-4-12-22)24(28-29)20-14-16-30(17-15-20)25(32)27-18-21-10-7-9-19-8-5-6-13-23(19)21/h2-13,20H,14-18H2,1H3,(H,27,32). The molecule has 1 aliphatic heterocycles. The van der Waals surface area contributed by atoms with Gasteiger partial charge >= 0.3 is 11.7 Å². The molecule has 7 nitrogen and oxygen atoms in total. The fraction of sp³-hybridized carbons (Fsp3) is 0.269. The topological polar surface area (TPSA) is 72.2 Å². The molecule has 1 aromatic heterocycles. The summed E-state index contributed by atoms with van der Waals surface area (Å²) < 4.78 is 3.09. The van der Waals surface area contributed by atoms with Crippen molar-refractivity contribution in [3.8, 4) is 5.69 Å². The highest BCUT2D eigenvalue weighted by atomic mass is 16.2. The summed E-state index contributed by atoms with van der Waals surface area (Å²) in [6.45, 7) is 1.76. The second-order valence-corrected chi connectivity index (χ2v) is 8.49. The number of urea groups is 1. The quantitative estimate of drug-likeness (QED) is 0.523. The van der Waals surface area contributed by atoms with Crippen molar-refractivity contribution >= 4 is 16.8 Å². The van der Waals surface area contributed by atoms with Crippen molar-refractivity contribution < 1.29 is 4.79 Å². The first-order chi connectivity index (χ1) is 16.1. The number of aromatic nitrogens is 3. The second kappa shape index (κ2) is 8.94. The van der Waals surface area contributed by atoms with Crippen LogP contribution in [0.5, 0.6) is 0 Å². The van der Waals surface area contributed by atoms with Crippen LogP contribution in [0.1, 0.15) is 30.1 Å². The minimum Gasteiger partial charge on any atom is -0.334 e. The van der Waals surface area contributed by atoms with Gasteiger partial charge in [-0.25, -0.2) is 18.8 Å². The lowest BCUT2D eigenvalue weighted by Gasteiger charge is -2.31. The van der Waals surface area contributed by atoms with E-state index in [-0.39, 0.29) is 17.6 Å². The van der Waals surface area contributed by atoms with E-state index >= 15 is 0 Å². The largest absolute Gasteiger partial charge is 0.350 e. The molecule has 168 valence electrons. The molecule has 1 N–H and O–H groups in total. The summed E-state index contributed by atoms with van der Waals surface area (Å²) >= 11 is 0. The maximum Gasteiger partial charge on any atom is 0.350 e. The summed E-state index contributed by atoms with van der Waals surface area (Å²) in [6, 6.07) is 23.9. The molecule has 33 heavy (non-hydrogen) atoms. The van der Waals surface area contributed by atoms with Crippen LogP contribution in [0.25, 0.3) is 16.5 Å². The Kier molecular flexibility index (Phi) is 5.69. The number of amides is 2. The number of fused-ring (bicyclic) bond motifs is 1. The van der Waals surface area contributed by atoms with Crippen LogP contribution in [0.2, 0.25) is 0 Å². The van der Waals surface area contributed by atoms with Crippen molar-refractivity contribution in [1.82, 2.24) is 24.6 Å². The normalized spacial score (nSPS) is 14.5. The molecule has 0 aliphatic carbocycles. The Morgan fingerprint density at radius 2 is 1.67 bits per heavy atom. The molecule has 5 rings (SSSR count). The Hall–Kier alpha value is -3.87. The fourth-order valence-corrected chi connectivity index (χ4v) is 4.64. The maximum atomic E-state index is 12.8. The van der Waals surface area contributed by atoms with E-state index in [1.807, 2.05) is 53.4 Å². The SMILES string of the molecule is Cn1nc(C2CCN(C(=O)NCc3cccc4ccccc34)CC2)n(-c2ccccc2)c1=O. The van der Waals surface area contributed by atoms with E-state index in [2.05, 4.69) is 34.7 Å². The minimum absolute atomic E-state index is 0.0529. The highest BCUT2D eigenvalue weighted by molar-refractivity contribution is 5.86. The van der Waals surface area contributed by atoms with Gasteiger partial charge < -0.3 is 10.2 Å². The Morgan fingerprint density at radius 1 is 0.970 bits per heavy atom. The van der Waals surface area contributed by atoms with Crippen LogP contribution in [0.3, 0.4) is 0 Å². The van der Waals surface area contributed by atoms with Crippen molar-refractivity contribution in [2.75, 3.05) is 13.1 Å².